The lowest BCUT2D eigenvalue weighted by atomic mass is 10.2. The van der Waals surface area contributed by atoms with Crippen molar-refractivity contribution in [2.45, 2.75) is 12.5 Å². The van der Waals surface area contributed by atoms with Gasteiger partial charge in [0.1, 0.15) is 16.9 Å². The van der Waals surface area contributed by atoms with Crippen molar-refractivity contribution >= 4 is 17.4 Å². The maximum atomic E-state index is 8.88. The molecule has 1 aliphatic heterocycles. The number of anilines is 1. The number of rotatable bonds is 2. The average Bonchev–Trinajstić information content (AvgIpc) is 2.82. The summed E-state index contributed by atoms with van der Waals surface area (Å²) >= 11 is 6.11. The van der Waals surface area contributed by atoms with E-state index < -0.39 is 0 Å². The van der Waals surface area contributed by atoms with E-state index in [0.29, 0.717) is 29.1 Å². The van der Waals surface area contributed by atoms with Gasteiger partial charge in [-0.15, -0.1) is 0 Å². The molecule has 0 saturated carbocycles. The van der Waals surface area contributed by atoms with Crippen LogP contribution in [0.5, 0.6) is 0 Å². The van der Waals surface area contributed by atoms with E-state index in [9.17, 15) is 0 Å². The van der Waals surface area contributed by atoms with E-state index in [1.165, 1.54) is 0 Å². The van der Waals surface area contributed by atoms with Crippen LogP contribution < -0.4 is 4.90 Å². The van der Waals surface area contributed by atoms with Crippen molar-refractivity contribution in [1.29, 1.82) is 5.26 Å². The molecule has 0 spiro atoms. The van der Waals surface area contributed by atoms with Crippen LogP contribution in [-0.4, -0.2) is 31.3 Å². The van der Waals surface area contributed by atoms with E-state index >= 15 is 0 Å². The number of ether oxygens (including phenoxy) is 1. The number of nitriles is 1. The summed E-state index contributed by atoms with van der Waals surface area (Å²) < 4.78 is 5.32. The molecule has 0 amide bonds. The molecular formula is C11H12ClN3O. The molecule has 0 bridgehead atoms. The van der Waals surface area contributed by atoms with Crippen molar-refractivity contribution < 1.29 is 4.74 Å². The molecular weight excluding hydrogens is 226 g/mol. The van der Waals surface area contributed by atoms with E-state index in [4.69, 9.17) is 21.6 Å². The van der Waals surface area contributed by atoms with Gasteiger partial charge in [-0.1, -0.05) is 11.6 Å². The zero-order valence-corrected chi connectivity index (χ0v) is 9.74. The summed E-state index contributed by atoms with van der Waals surface area (Å²) in [6.45, 7) is 1.45. The highest BCUT2D eigenvalue weighted by molar-refractivity contribution is 6.34. The van der Waals surface area contributed by atoms with Crippen LogP contribution in [0.15, 0.2) is 12.3 Å². The molecule has 0 aromatic carbocycles. The first-order chi connectivity index (χ1) is 7.74. The second-order valence-corrected chi connectivity index (χ2v) is 4.11. The molecule has 4 nitrogen and oxygen atoms in total. The van der Waals surface area contributed by atoms with Gasteiger partial charge in [0.25, 0.3) is 0 Å². The zero-order valence-electron chi connectivity index (χ0n) is 8.98. The normalized spacial score (nSPS) is 19.4. The number of hydrogen-bond donors (Lipinski definition) is 0. The van der Waals surface area contributed by atoms with Crippen LogP contribution in [0.25, 0.3) is 0 Å². The molecule has 1 saturated heterocycles. The number of hydrogen-bond acceptors (Lipinski definition) is 4. The molecule has 16 heavy (non-hydrogen) atoms. The van der Waals surface area contributed by atoms with Gasteiger partial charge in [-0.3, -0.25) is 0 Å². The third kappa shape index (κ3) is 1.97. The zero-order chi connectivity index (χ0) is 11.5. The summed E-state index contributed by atoms with van der Waals surface area (Å²) in [7, 11) is 1.93. The molecule has 1 aliphatic rings. The molecule has 5 heteroatoms. The fourth-order valence-corrected chi connectivity index (χ4v) is 2.05. The van der Waals surface area contributed by atoms with Gasteiger partial charge in [0.05, 0.1) is 18.2 Å². The number of pyridine rings is 1. The Hall–Kier alpha value is -1.31. The van der Waals surface area contributed by atoms with Crippen molar-refractivity contribution in [1.82, 2.24) is 4.98 Å². The van der Waals surface area contributed by atoms with Gasteiger partial charge < -0.3 is 9.64 Å². The molecule has 1 aromatic heterocycles. The minimum atomic E-state index is 0.291. The van der Waals surface area contributed by atoms with Crippen molar-refractivity contribution in [3.05, 3.63) is 22.8 Å². The van der Waals surface area contributed by atoms with Crippen molar-refractivity contribution in [3.8, 4) is 6.07 Å². The monoisotopic (exact) mass is 237 g/mol. The maximum Gasteiger partial charge on any atom is 0.148 e. The van der Waals surface area contributed by atoms with E-state index in [0.717, 1.165) is 13.0 Å². The molecule has 84 valence electrons. The number of halogens is 1. The van der Waals surface area contributed by atoms with E-state index in [2.05, 4.69) is 11.1 Å². The van der Waals surface area contributed by atoms with E-state index in [-0.39, 0.29) is 0 Å². The Morgan fingerprint density at radius 3 is 3.12 bits per heavy atom. The molecule has 0 N–H and O–H groups in total. The fraction of sp³-hybridized carbons (Fsp3) is 0.455. The predicted molar refractivity (Wildman–Crippen MR) is 61.6 cm³/mol. The molecule has 1 unspecified atom stereocenters. The molecule has 1 aromatic rings. The largest absolute Gasteiger partial charge is 0.379 e. The van der Waals surface area contributed by atoms with Gasteiger partial charge in [-0.25, -0.2) is 4.98 Å². The van der Waals surface area contributed by atoms with Gasteiger partial charge >= 0.3 is 0 Å². The van der Waals surface area contributed by atoms with Crippen LogP contribution in [0.3, 0.4) is 0 Å². The Morgan fingerprint density at radius 2 is 2.50 bits per heavy atom. The maximum absolute atomic E-state index is 8.88. The number of nitrogens with zero attached hydrogens (tertiary/aromatic N) is 3. The summed E-state index contributed by atoms with van der Waals surface area (Å²) in [5.74, 6) is 0.649. The SMILES string of the molecule is CN(c1nccc(C#N)c1Cl)C1CCOC1. The van der Waals surface area contributed by atoms with Crippen LogP contribution in [0.2, 0.25) is 5.02 Å². The van der Waals surface area contributed by atoms with Gasteiger partial charge in [0, 0.05) is 19.9 Å². The Labute approximate surface area is 99.4 Å². The van der Waals surface area contributed by atoms with Crippen molar-refractivity contribution in [2.24, 2.45) is 0 Å². The minimum absolute atomic E-state index is 0.291. The molecule has 0 aliphatic carbocycles. The Kier molecular flexibility index (Phi) is 3.28. The Bertz CT molecular complexity index is 424. The molecule has 2 rings (SSSR count). The highest BCUT2D eigenvalue weighted by atomic mass is 35.5. The molecule has 2 heterocycles. The highest BCUT2D eigenvalue weighted by Gasteiger charge is 2.23. The van der Waals surface area contributed by atoms with Crippen LogP contribution in [0.4, 0.5) is 5.82 Å². The molecule has 0 radical (unpaired) electrons. The Morgan fingerprint density at radius 1 is 1.69 bits per heavy atom. The first kappa shape index (κ1) is 11.2. The third-order valence-electron chi connectivity index (χ3n) is 2.78. The average molecular weight is 238 g/mol. The molecule has 1 fully saturated rings. The smallest absolute Gasteiger partial charge is 0.148 e. The van der Waals surface area contributed by atoms with E-state index in [1.807, 2.05) is 11.9 Å². The second kappa shape index (κ2) is 4.69. The lowest BCUT2D eigenvalue weighted by Gasteiger charge is -2.25. The standard InChI is InChI=1S/C11H12ClN3O/c1-15(9-3-5-16-7-9)11-10(12)8(6-13)2-4-14-11/h2,4,9H,3,5,7H2,1H3. The Balaban J connectivity index is 2.29. The van der Waals surface area contributed by atoms with Crippen LogP contribution in [-0.2, 0) is 4.74 Å². The topological polar surface area (TPSA) is 49.2 Å². The van der Waals surface area contributed by atoms with Gasteiger partial charge in [-0.05, 0) is 12.5 Å². The summed E-state index contributed by atoms with van der Waals surface area (Å²) in [6, 6.07) is 3.96. The van der Waals surface area contributed by atoms with E-state index in [1.54, 1.807) is 12.3 Å². The van der Waals surface area contributed by atoms with Crippen molar-refractivity contribution in [2.75, 3.05) is 25.2 Å². The predicted octanol–water partition coefficient (Wildman–Crippen LogP) is 1.83. The van der Waals surface area contributed by atoms with Gasteiger partial charge in [-0.2, -0.15) is 5.26 Å². The quantitative estimate of drug-likeness (QED) is 0.788. The number of aromatic nitrogens is 1. The first-order valence-corrected chi connectivity index (χ1v) is 5.47. The summed E-state index contributed by atoms with van der Waals surface area (Å²) in [6.07, 6.45) is 2.57. The lowest BCUT2D eigenvalue weighted by molar-refractivity contribution is 0.193. The van der Waals surface area contributed by atoms with Crippen molar-refractivity contribution in [3.63, 3.8) is 0 Å². The first-order valence-electron chi connectivity index (χ1n) is 5.09. The fourth-order valence-electron chi connectivity index (χ4n) is 1.77. The summed E-state index contributed by atoms with van der Waals surface area (Å²) in [5, 5.41) is 9.30. The van der Waals surface area contributed by atoms with Crippen LogP contribution in [0.1, 0.15) is 12.0 Å². The lowest BCUT2D eigenvalue weighted by Crippen LogP contribution is -2.32. The third-order valence-corrected chi connectivity index (χ3v) is 3.15. The van der Waals surface area contributed by atoms with Gasteiger partial charge in [0.15, 0.2) is 0 Å². The second-order valence-electron chi connectivity index (χ2n) is 3.74. The van der Waals surface area contributed by atoms with Crippen LogP contribution in [0, 0.1) is 11.3 Å². The summed E-state index contributed by atoms with van der Waals surface area (Å²) in [5.41, 5.74) is 0.456. The number of likely N-dealkylation sites (N-methyl/N-ethyl adjacent to an activating group) is 1. The highest BCUT2D eigenvalue weighted by Crippen LogP contribution is 2.28. The van der Waals surface area contributed by atoms with Crippen LogP contribution >= 0.6 is 11.6 Å². The molecule has 1 atom stereocenters. The van der Waals surface area contributed by atoms with Gasteiger partial charge in [0.2, 0.25) is 0 Å². The summed E-state index contributed by atoms with van der Waals surface area (Å²) in [4.78, 5) is 6.20. The minimum Gasteiger partial charge on any atom is -0.379 e.